The summed E-state index contributed by atoms with van der Waals surface area (Å²) in [5.74, 6) is 0.897. The maximum absolute atomic E-state index is 13.5. The van der Waals surface area contributed by atoms with E-state index >= 15 is 0 Å². The summed E-state index contributed by atoms with van der Waals surface area (Å²) in [5.41, 5.74) is 2.99. The van der Waals surface area contributed by atoms with Gasteiger partial charge >= 0.3 is 0 Å². The van der Waals surface area contributed by atoms with Gasteiger partial charge in [-0.3, -0.25) is 14.6 Å². The third-order valence-electron chi connectivity index (χ3n) is 4.68. The molecule has 154 valence electrons. The maximum Gasteiger partial charge on any atom is 0.203 e. The first-order valence-corrected chi connectivity index (χ1v) is 9.37. The van der Waals surface area contributed by atoms with Crippen molar-refractivity contribution in [3.8, 4) is 28.5 Å². The molecule has 0 saturated carbocycles. The van der Waals surface area contributed by atoms with Gasteiger partial charge in [0.25, 0.3) is 0 Å². The van der Waals surface area contributed by atoms with Gasteiger partial charge in [0.15, 0.2) is 17.3 Å². The van der Waals surface area contributed by atoms with Gasteiger partial charge in [0, 0.05) is 29.3 Å². The zero-order valence-corrected chi connectivity index (χ0v) is 17.4. The van der Waals surface area contributed by atoms with Gasteiger partial charge in [-0.1, -0.05) is 18.2 Å². The van der Waals surface area contributed by atoms with Crippen LogP contribution in [0.25, 0.3) is 11.3 Å². The van der Waals surface area contributed by atoms with Crippen molar-refractivity contribution in [3.05, 3.63) is 71.4 Å². The Morgan fingerprint density at radius 3 is 2.13 bits per heavy atom. The first-order chi connectivity index (χ1) is 14.5. The lowest BCUT2D eigenvalue weighted by atomic mass is 9.92. The Kier molecular flexibility index (Phi) is 6.47. The van der Waals surface area contributed by atoms with Crippen molar-refractivity contribution in [2.75, 3.05) is 21.3 Å². The standard InChI is InChI=1S/C24H23NO5/c1-15(26)11-16-8-9-17(20-7-5-6-10-25-20)12-19(16)23(27)18-13-21(28-2)24(30-4)22(14-18)29-3/h5-10,12-14H,11H2,1-4H3. The van der Waals surface area contributed by atoms with Gasteiger partial charge in [-0.25, -0.2) is 0 Å². The molecule has 0 radical (unpaired) electrons. The van der Waals surface area contributed by atoms with E-state index in [2.05, 4.69) is 4.98 Å². The molecule has 30 heavy (non-hydrogen) atoms. The van der Waals surface area contributed by atoms with Crippen LogP contribution < -0.4 is 14.2 Å². The van der Waals surface area contributed by atoms with E-state index < -0.39 is 0 Å². The molecule has 0 bridgehead atoms. The van der Waals surface area contributed by atoms with Crippen molar-refractivity contribution in [1.29, 1.82) is 0 Å². The minimum Gasteiger partial charge on any atom is -0.493 e. The molecular weight excluding hydrogens is 382 g/mol. The Labute approximate surface area is 175 Å². The Hall–Kier alpha value is -3.67. The first-order valence-electron chi connectivity index (χ1n) is 9.37. The highest BCUT2D eigenvalue weighted by Crippen LogP contribution is 2.39. The fourth-order valence-electron chi connectivity index (χ4n) is 3.27. The van der Waals surface area contributed by atoms with Gasteiger partial charge in [-0.2, -0.15) is 0 Å². The van der Waals surface area contributed by atoms with Crippen LogP contribution in [0.3, 0.4) is 0 Å². The van der Waals surface area contributed by atoms with Crippen LogP contribution in [0, 0.1) is 0 Å². The number of carbonyl (C=O) groups excluding carboxylic acids is 2. The molecule has 0 fully saturated rings. The summed E-state index contributed by atoms with van der Waals surface area (Å²) in [6, 6.07) is 14.2. The van der Waals surface area contributed by atoms with E-state index in [9.17, 15) is 9.59 Å². The van der Waals surface area contributed by atoms with Crippen molar-refractivity contribution in [2.24, 2.45) is 0 Å². The zero-order valence-electron chi connectivity index (χ0n) is 17.4. The van der Waals surface area contributed by atoms with E-state index in [4.69, 9.17) is 14.2 Å². The van der Waals surface area contributed by atoms with Crippen LogP contribution in [0.15, 0.2) is 54.7 Å². The minimum atomic E-state index is -0.247. The lowest BCUT2D eigenvalue weighted by molar-refractivity contribution is -0.116. The highest BCUT2D eigenvalue weighted by atomic mass is 16.5. The number of carbonyl (C=O) groups is 2. The molecule has 2 aromatic carbocycles. The summed E-state index contributed by atoms with van der Waals surface area (Å²) in [7, 11) is 4.49. The van der Waals surface area contributed by atoms with Crippen LogP contribution in [0.5, 0.6) is 17.2 Å². The highest BCUT2D eigenvalue weighted by molar-refractivity contribution is 6.11. The largest absolute Gasteiger partial charge is 0.493 e. The molecule has 1 heterocycles. The van der Waals surface area contributed by atoms with Gasteiger partial charge in [0.05, 0.1) is 27.0 Å². The second-order valence-electron chi connectivity index (χ2n) is 6.71. The van der Waals surface area contributed by atoms with Gasteiger partial charge in [-0.15, -0.1) is 0 Å². The summed E-state index contributed by atoms with van der Waals surface area (Å²) in [5, 5.41) is 0. The fraction of sp³-hybridized carbons (Fsp3) is 0.208. The number of Topliss-reactive ketones (excluding diaryl/α,β-unsaturated/α-hetero) is 1. The van der Waals surface area contributed by atoms with E-state index in [0.717, 1.165) is 11.3 Å². The first kappa shape index (κ1) is 21.0. The fourth-order valence-corrected chi connectivity index (χ4v) is 3.27. The Bertz CT molecular complexity index is 1050. The molecule has 6 heteroatoms. The number of hydrogen-bond acceptors (Lipinski definition) is 6. The summed E-state index contributed by atoms with van der Waals surface area (Å²) >= 11 is 0. The summed E-state index contributed by atoms with van der Waals surface area (Å²) in [6.07, 6.45) is 1.85. The lowest BCUT2D eigenvalue weighted by Crippen LogP contribution is -2.10. The normalized spacial score (nSPS) is 10.4. The Morgan fingerprint density at radius 1 is 0.900 bits per heavy atom. The van der Waals surface area contributed by atoms with Gasteiger partial charge in [0.2, 0.25) is 5.75 Å². The van der Waals surface area contributed by atoms with Crippen LogP contribution in [-0.4, -0.2) is 37.9 Å². The van der Waals surface area contributed by atoms with Crippen molar-refractivity contribution in [2.45, 2.75) is 13.3 Å². The predicted octanol–water partition coefficient (Wildman–Crippen LogP) is 4.14. The SMILES string of the molecule is COc1cc(C(=O)c2cc(-c3ccccn3)ccc2CC(C)=O)cc(OC)c1OC. The molecule has 0 atom stereocenters. The van der Waals surface area contributed by atoms with Crippen LogP contribution in [0.1, 0.15) is 28.4 Å². The molecule has 3 rings (SSSR count). The monoisotopic (exact) mass is 405 g/mol. The quantitative estimate of drug-likeness (QED) is 0.525. The minimum absolute atomic E-state index is 0.0282. The molecule has 0 aliphatic carbocycles. The third kappa shape index (κ3) is 4.33. The number of aromatic nitrogens is 1. The molecule has 3 aromatic rings. The van der Waals surface area contributed by atoms with E-state index in [0.29, 0.717) is 33.9 Å². The Balaban J connectivity index is 2.15. The van der Waals surface area contributed by atoms with Crippen LogP contribution in [0.4, 0.5) is 0 Å². The molecule has 0 unspecified atom stereocenters. The van der Waals surface area contributed by atoms with Gasteiger partial charge < -0.3 is 14.2 Å². The number of hydrogen-bond donors (Lipinski definition) is 0. The number of nitrogens with zero attached hydrogens (tertiary/aromatic N) is 1. The number of ether oxygens (including phenoxy) is 3. The topological polar surface area (TPSA) is 74.7 Å². The van der Waals surface area contributed by atoms with E-state index in [1.165, 1.54) is 28.3 Å². The number of ketones is 2. The van der Waals surface area contributed by atoms with Crippen molar-refractivity contribution >= 4 is 11.6 Å². The van der Waals surface area contributed by atoms with Crippen molar-refractivity contribution in [1.82, 2.24) is 4.98 Å². The number of rotatable bonds is 8. The van der Waals surface area contributed by atoms with Crippen LogP contribution in [-0.2, 0) is 11.2 Å². The molecule has 1 aromatic heterocycles. The molecule has 0 spiro atoms. The molecule has 0 aliphatic heterocycles. The molecule has 6 nitrogen and oxygen atoms in total. The smallest absolute Gasteiger partial charge is 0.203 e. The molecular formula is C24H23NO5. The van der Waals surface area contributed by atoms with Gasteiger partial charge in [-0.05, 0) is 42.8 Å². The number of methoxy groups -OCH3 is 3. The molecule has 0 amide bonds. The zero-order chi connectivity index (χ0) is 21.7. The predicted molar refractivity (Wildman–Crippen MR) is 114 cm³/mol. The van der Waals surface area contributed by atoms with Crippen molar-refractivity contribution < 1.29 is 23.8 Å². The summed E-state index contributed by atoms with van der Waals surface area (Å²) in [6.45, 7) is 1.50. The highest BCUT2D eigenvalue weighted by Gasteiger charge is 2.21. The molecule has 0 N–H and O–H groups in total. The molecule has 0 aliphatic rings. The average Bonchev–Trinajstić information content (AvgIpc) is 2.78. The summed E-state index contributed by atoms with van der Waals surface area (Å²) in [4.78, 5) is 29.6. The van der Waals surface area contributed by atoms with E-state index in [1.807, 2.05) is 24.3 Å². The number of benzene rings is 2. The third-order valence-corrected chi connectivity index (χ3v) is 4.68. The van der Waals surface area contributed by atoms with E-state index in [1.54, 1.807) is 30.5 Å². The van der Waals surface area contributed by atoms with Gasteiger partial charge in [0.1, 0.15) is 5.78 Å². The Morgan fingerprint density at radius 2 is 1.60 bits per heavy atom. The number of pyridine rings is 1. The second-order valence-corrected chi connectivity index (χ2v) is 6.71. The second kappa shape index (κ2) is 9.22. The van der Waals surface area contributed by atoms with Crippen LogP contribution >= 0.6 is 0 Å². The average molecular weight is 405 g/mol. The summed E-state index contributed by atoms with van der Waals surface area (Å²) < 4.78 is 16.1. The van der Waals surface area contributed by atoms with Crippen molar-refractivity contribution in [3.63, 3.8) is 0 Å². The molecule has 0 saturated heterocycles. The van der Waals surface area contributed by atoms with E-state index in [-0.39, 0.29) is 18.0 Å². The lowest BCUT2D eigenvalue weighted by Gasteiger charge is -2.15. The maximum atomic E-state index is 13.5. The van der Waals surface area contributed by atoms with Crippen LogP contribution in [0.2, 0.25) is 0 Å².